The van der Waals surface area contributed by atoms with Crippen LogP contribution in [0.15, 0.2) is 42.6 Å². The number of alkyl halides is 3. The highest BCUT2D eigenvalue weighted by Gasteiger charge is 2.36. The fourth-order valence-corrected chi connectivity index (χ4v) is 2.25. The first-order chi connectivity index (χ1) is 10.2. The lowest BCUT2D eigenvalue weighted by molar-refractivity contribution is -0.137. The molecule has 22 heavy (non-hydrogen) atoms. The second kappa shape index (κ2) is 5.66. The van der Waals surface area contributed by atoms with E-state index < -0.39 is 29.3 Å². The summed E-state index contributed by atoms with van der Waals surface area (Å²) in [5.74, 6) is -0.678. The van der Waals surface area contributed by atoms with Crippen molar-refractivity contribution in [2.45, 2.75) is 24.7 Å². The number of aromatic nitrogens is 1. The van der Waals surface area contributed by atoms with Gasteiger partial charge in [-0.15, -0.1) is 0 Å². The summed E-state index contributed by atoms with van der Waals surface area (Å²) in [6, 6.07) is 6.35. The van der Waals surface area contributed by atoms with E-state index in [1.165, 1.54) is 24.4 Å². The Morgan fingerprint density at radius 2 is 1.45 bits per heavy atom. The lowest BCUT2D eigenvalue weighted by Crippen LogP contribution is -2.51. The molecule has 2 atom stereocenters. The Balaban J connectivity index is 2.50. The fourth-order valence-electron chi connectivity index (χ4n) is 2.25. The zero-order chi connectivity index (χ0) is 16.5. The van der Waals surface area contributed by atoms with E-state index in [9.17, 15) is 17.6 Å². The molecule has 4 N–H and O–H groups in total. The van der Waals surface area contributed by atoms with Crippen LogP contribution in [0.5, 0.6) is 0 Å². The molecule has 1 aromatic heterocycles. The third kappa shape index (κ3) is 2.95. The largest absolute Gasteiger partial charge is 0.416 e. The molecule has 0 spiro atoms. The van der Waals surface area contributed by atoms with Crippen LogP contribution in [0, 0.1) is 5.95 Å². The van der Waals surface area contributed by atoms with Gasteiger partial charge in [-0.2, -0.15) is 17.6 Å². The van der Waals surface area contributed by atoms with Gasteiger partial charge in [0.2, 0.25) is 5.95 Å². The Bertz CT molecular complexity index is 635. The molecule has 0 amide bonds. The molecule has 0 saturated carbocycles. The van der Waals surface area contributed by atoms with Crippen LogP contribution >= 0.6 is 0 Å². The highest BCUT2D eigenvalue weighted by atomic mass is 19.4. The van der Waals surface area contributed by atoms with E-state index in [1.807, 2.05) is 0 Å². The van der Waals surface area contributed by atoms with Crippen LogP contribution in [0.4, 0.5) is 17.6 Å². The van der Waals surface area contributed by atoms with E-state index in [2.05, 4.69) is 4.98 Å². The Morgan fingerprint density at radius 1 is 0.955 bits per heavy atom. The van der Waals surface area contributed by atoms with E-state index in [4.69, 9.17) is 11.5 Å². The number of hydrogen-bond donors (Lipinski definition) is 2. The van der Waals surface area contributed by atoms with Gasteiger partial charge in [0.25, 0.3) is 0 Å². The molecule has 0 aliphatic heterocycles. The van der Waals surface area contributed by atoms with Crippen LogP contribution in [-0.2, 0) is 11.7 Å². The van der Waals surface area contributed by atoms with Crippen LogP contribution < -0.4 is 11.5 Å². The SMILES string of the molecule is C[C@H](N)[C@](N)(c1ccc(C(F)(F)F)cc1)c1ccc(F)nc1. The van der Waals surface area contributed by atoms with Crippen LogP contribution in [0.1, 0.15) is 23.6 Å². The van der Waals surface area contributed by atoms with E-state index in [0.717, 1.165) is 18.2 Å². The summed E-state index contributed by atoms with van der Waals surface area (Å²) in [5, 5.41) is 0. The number of rotatable bonds is 3. The molecule has 2 rings (SSSR count). The molecule has 0 bridgehead atoms. The molecule has 2 aromatic rings. The van der Waals surface area contributed by atoms with Gasteiger partial charge in [0.05, 0.1) is 11.1 Å². The summed E-state index contributed by atoms with van der Waals surface area (Å²) in [6.45, 7) is 1.63. The maximum atomic E-state index is 13.0. The first-order valence-corrected chi connectivity index (χ1v) is 6.50. The standard InChI is InChI=1S/C15H15F4N3/c1-9(20)14(21,12-6-7-13(16)22-8-12)10-2-4-11(5-3-10)15(17,18)19/h2-9H,20-21H2,1H3/t9-,14-/m0/s1. The van der Waals surface area contributed by atoms with Crippen molar-refractivity contribution < 1.29 is 17.6 Å². The average molecular weight is 313 g/mol. The summed E-state index contributed by atoms with van der Waals surface area (Å²) in [7, 11) is 0. The first-order valence-electron chi connectivity index (χ1n) is 6.50. The minimum atomic E-state index is -4.43. The molecule has 1 heterocycles. The highest BCUT2D eigenvalue weighted by Crippen LogP contribution is 2.33. The minimum absolute atomic E-state index is 0.393. The second-order valence-corrected chi connectivity index (χ2v) is 5.10. The molecule has 0 saturated heterocycles. The number of nitrogens with zero attached hydrogens (tertiary/aromatic N) is 1. The summed E-state index contributed by atoms with van der Waals surface area (Å²) in [6.07, 6.45) is -3.20. The van der Waals surface area contributed by atoms with Crippen molar-refractivity contribution >= 4 is 0 Å². The van der Waals surface area contributed by atoms with Crippen LogP contribution in [0.3, 0.4) is 0 Å². The first kappa shape index (κ1) is 16.4. The third-order valence-corrected chi connectivity index (χ3v) is 3.61. The van der Waals surface area contributed by atoms with Crippen molar-refractivity contribution in [2.75, 3.05) is 0 Å². The zero-order valence-corrected chi connectivity index (χ0v) is 11.7. The molecule has 0 unspecified atom stereocenters. The monoisotopic (exact) mass is 313 g/mol. The lowest BCUT2D eigenvalue weighted by Gasteiger charge is -2.34. The van der Waals surface area contributed by atoms with Gasteiger partial charge in [-0.05, 0) is 36.2 Å². The molecule has 118 valence electrons. The molecule has 3 nitrogen and oxygen atoms in total. The van der Waals surface area contributed by atoms with Crippen molar-refractivity contribution in [1.82, 2.24) is 4.98 Å². The number of hydrogen-bond acceptors (Lipinski definition) is 3. The molecule has 1 aromatic carbocycles. The van der Waals surface area contributed by atoms with Crippen molar-refractivity contribution in [3.8, 4) is 0 Å². The van der Waals surface area contributed by atoms with Crippen molar-refractivity contribution in [1.29, 1.82) is 0 Å². The van der Waals surface area contributed by atoms with Gasteiger partial charge in [-0.3, -0.25) is 0 Å². The Hall–Kier alpha value is -1.99. The van der Waals surface area contributed by atoms with E-state index in [0.29, 0.717) is 11.1 Å². The van der Waals surface area contributed by atoms with Gasteiger partial charge in [0.15, 0.2) is 0 Å². The number of halogens is 4. The van der Waals surface area contributed by atoms with Crippen LogP contribution in [0.25, 0.3) is 0 Å². The highest BCUT2D eigenvalue weighted by molar-refractivity contribution is 5.40. The molecule has 0 aliphatic carbocycles. The van der Waals surface area contributed by atoms with Crippen LogP contribution in [0.2, 0.25) is 0 Å². The maximum absolute atomic E-state index is 13.0. The molecule has 0 aliphatic rings. The second-order valence-electron chi connectivity index (χ2n) is 5.10. The quantitative estimate of drug-likeness (QED) is 0.676. The van der Waals surface area contributed by atoms with E-state index in [-0.39, 0.29) is 0 Å². The summed E-state index contributed by atoms with van der Waals surface area (Å²) >= 11 is 0. The van der Waals surface area contributed by atoms with Crippen molar-refractivity contribution in [2.24, 2.45) is 11.5 Å². The Morgan fingerprint density at radius 3 is 1.86 bits per heavy atom. The van der Waals surface area contributed by atoms with E-state index in [1.54, 1.807) is 6.92 Å². The Labute approximate surface area is 125 Å². The van der Waals surface area contributed by atoms with Crippen molar-refractivity contribution in [3.05, 3.63) is 65.2 Å². The molecule has 0 fully saturated rings. The lowest BCUT2D eigenvalue weighted by atomic mass is 9.79. The molecular formula is C15H15F4N3. The predicted octanol–water partition coefficient (Wildman–Crippen LogP) is 2.79. The van der Waals surface area contributed by atoms with Gasteiger partial charge in [-0.25, -0.2) is 4.98 Å². The van der Waals surface area contributed by atoms with Crippen molar-refractivity contribution in [3.63, 3.8) is 0 Å². The molecular weight excluding hydrogens is 298 g/mol. The summed E-state index contributed by atoms with van der Waals surface area (Å²) in [4.78, 5) is 3.53. The normalized spacial score (nSPS) is 16.1. The Kier molecular flexibility index (Phi) is 4.21. The van der Waals surface area contributed by atoms with Crippen LogP contribution in [-0.4, -0.2) is 11.0 Å². The minimum Gasteiger partial charge on any atom is -0.326 e. The molecule has 0 radical (unpaired) electrons. The summed E-state index contributed by atoms with van der Waals surface area (Å²) in [5.41, 5.74) is 11.0. The number of nitrogens with two attached hydrogens (primary N) is 2. The maximum Gasteiger partial charge on any atom is 0.416 e. The predicted molar refractivity (Wildman–Crippen MR) is 74.3 cm³/mol. The number of benzene rings is 1. The number of pyridine rings is 1. The zero-order valence-electron chi connectivity index (χ0n) is 11.7. The van der Waals surface area contributed by atoms with Gasteiger partial charge in [0, 0.05) is 12.2 Å². The van der Waals surface area contributed by atoms with Gasteiger partial charge < -0.3 is 11.5 Å². The van der Waals surface area contributed by atoms with E-state index >= 15 is 0 Å². The van der Waals surface area contributed by atoms with Gasteiger partial charge >= 0.3 is 6.18 Å². The average Bonchev–Trinajstić information content (AvgIpc) is 2.46. The molecule has 7 heteroatoms. The smallest absolute Gasteiger partial charge is 0.326 e. The van der Waals surface area contributed by atoms with Gasteiger partial charge in [0.1, 0.15) is 0 Å². The third-order valence-electron chi connectivity index (χ3n) is 3.61. The fraction of sp³-hybridized carbons (Fsp3) is 0.267. The summed E-state index contributed by atoms with van der Waals surface area (Å²) < 4.78 is 50.9. The topological polar surface area (TPSA) is 64.9 Å². The van der Waals surface area contributed by atoms with Gasteiger partial charge in [-0.1, -0.05) is 18.2 Å².